The average Bonchev–Trinajstić information content (AvgIpc) is 3.06. The van der Waals surface area contributed by atoms with Gasteiger partial charge in [-0.2, -0.15) is 0 Å². The molecule has 116 valence electrons. The van der Waals surface area contributed by atoms with Crippen molar-refractivity contribution in [3.63, 3.8) is 0 Å². The number of benzene rings is 2. The largest absolute Gasteiger partial charge is 0.412 e. The molecule has 0 saturated carbocycles. The Kier molecular flexibility index (Phi) is 4.19. The number of carbonyl (C=O) groups is 1. The van der Waals surface area contributed by atoms with Crippen LogP contribution in [0.1, 0.15) is 36.0 Å². The molecule has 0 aliphatic rings. The Morgan fingerprint density at radius 2 is 1.70 bits per heavy atom. The minimum atomic E-state index is -0.419. The summed E-state index contributed by atoms with van der Waals surface area (Å²) in [5.41, 5.74) is 2.69. The second-order valence-corrected chi connectivity index (χ2v) is 5.51. The predicted octanol–water partition coefficient (Wildman–Crippen LogP) is 4.11. The molecule has 0 spiro atoms. The summed E-state index contributed by atoms with van der Waals surface area (Å²) in [5.74, 6) is 0.295. The topological polar surface area (TPSA) is 68.0 Å². The van der Waals surface area contributed by atoms with Gasteiger partial charge in [-0.15, -0.1) is 10.2 Å². The molecule has 0 radical (unpaired) electrons. The van der Waals surface area contributed by atoms with Gasteiger partial charge in [-0.05, 0) is 35.7 Å². The molecule has 0 atom stereocenters. The summed E-state index contributed by atoms with van der Waals surface area (Å²) >= 11 is 0. The van der Waals surface area contributed by atoms with Crippen LogP contribution in [0.2, 0.25) is 0 Å². The Morgan fingerprint density at radius 3 is 2.35 bits per heavy atom. The van der Waals surface area contributed by atoms with Gasteiger partial charge in [-0.25, -0.2) is 0 Å². The smallest absolute Gasteiger partial charge is 0.313 e. The zero-order valence-corrected chi connectivity index (χ0v) is 13.0. The number of amides is 1. The van der Waals surface area contributed by atoms with Gasteiger partial charge in [-0.3, -0.25) is 4.79 Å². The number of hydrogen-bond donors (Lipinski definition) is 1. The molecule has 0 aliphatic carbocycles. The Hall–Kier alpha value is -2.95. The molecule has 2 aromatic carbocycles. The highest BCUT2D eigenvalue weighted by Gasteiger charge is 2.16. The van der Waals surface area contributed by atoms with Gasteiger partial charge in [0.15, 0.2) is 0 Å². The van der Waals surface area contributed by atoms with Gasteiger partial charge in [0, 0.05) is 11.3 Å². The second kappa shape index (κ2) is 6.44. The van der Waals surface area contributed by atoms with Crippen molar-refractivity contribution in [3.8, 4) is 11.5 Å². The number of hydrogen-bond acceptors (Lipinski definition) is 4. The maximum absolute atomic E-state index is 12.2. The standard InChI is InChI=1S/C18H17N3O2/c1-12(2)13-8-10-15(11-9-13)19-16(22)18-21-20-17(23-18)14-6-4-3-5-7-14/h3-12H,1-2H3,(H,19,22). The van der Waals surface area contributed by atoms with E-state index in [4.69, 9.17) is 4.42 Å². The molecule has 5 heteroatoms. The number of nitrogens with one attached hydrogen (secondary N) is 1. The molecule has 0 saturated heterocycles. The quantitative estimate of drug-likeness (QED) is 0.787. The van der Waals surface area contributed by atoms with Crippen LogP contribution in [-0.4, -0.2) is 16.1 Å². The maximum atomic E-state index is 12.2. The number of nitrogens with zero attached hydrogens (tertiary/aromatic N) is 2. The number of aromatic nitrogens is 2. The minimum absolute atomic E-state index is 0.0585. The van der Waals surface area contributed by atoms with Crippen LogP contribution in [0.4, 0.5) is 5.69 Å². The second-order valence-electron chi connectivity index (χ2n) is 5.51. The SMILES string of the molecule is CC(C)c1ccc(NC(=O)c2nnc(-c3ccccc3)o2)cc1. The van der Waals surface area contributed by atoms with E-state index in [1.165, 1.54) is 5.56 Å². The van der Waals surface area contributed by atoms with E-state index in [2.05, 4.69) is 29.4 Å². The summed E-state index contributed by atoms with van der Waals surface area (Å²) in [7, 11) is 0. The first-order valence-corrected chi connectivity index (χ1v) is 7.44. The van der Waals surface area contributed by atoms with Crippen LogP contribution in [-0.2, 0) is 0 Å². The maximum Gasteiger partial charge on any atom is 0.313 e. The number of anilines is 1. The summed E-state index contributed by atoms with van der Waals surface area (Å²) in [6, 6.07) is 17.0. The van der Waals surface area contributed by atoms with E-state index >= 15 is 0 Å². The highest BCUT2D eigenvalue weighted by molar-refractivity contribution is 6.00. The normalized spacial score (nSPS) is 10.7. The summed E-state index contributed by atoms with van der Waals surface area (Å²) < 4.78 is 5.43. The minimum Gasteiger partial charge on any atom is -0.412 e. The lowest BCUT2D eigenvalue weighted by Crippen LogP contribution is -2.12. The molecule has 0 fully saturated rings. The van der Waals surface area contributed by atoms with Crippen molar-refractivity contribution < 1.29 is 9.21 Å². The molecule has 23 heavy (non-hydrogen) atoms. The van der Waals surface area contributed by atoms with E-state index in [1.807, 2.05) is 54.6 Å². The molecule has 5 nitrogen and oxygen atoms in total. The lowest BCUT2D eigenvalue weighted by atomic mass is 10.0. The molecule has 3 rings (SSSR count). The first-order chi connectivity index (χ1) is 11.1. The molecule has 0 bridgehead atoms. The van der Waals surface area contributed by atoms with Crippen molar-refractivity contribution in [2.24, 2.45) is 0 Å². The lowest BCUT2D eigenvalue weighted by molar-refractivity contribution is 0.0991. The fraction of sp³-hybridized carbons (Fsp3) is 0.167. The van der Waals surface area contributed by atoms with Gasteiger partial charge in [0.25, 0.3) is 0 Å². The van der Waals surface area contributed by atoms with E-state index in [9.17, 15) is 4.79 Å². The van der Waals surface area contributed by atoms with E-state index < -0.39 is 5.91 Å². The van der Waals surface area contributed by atoms with Crippen molar-refractivity contribution in [1.82, 2.24) is 10.2 Å². The first kappa shape index (κ1) is 15.0. The number of rotatable bonds is 4. The van der Waals surface area contributed by atoms with Crippen molar-refractivity contribution in [2.45, 2.75) is 19.8 Å². The van der Waals surface area contributed by atoms with E-state index in [0.29, 0.717) is 17.5 Å². The summed E-state index contributed by atoms with van der Waals surface area (Å²) in [5, 5.41) is 10.5. The van der Waals surface area contributed by atoms with Gasteiger partial charge in [0.05, 0.1) is 0 Å². The highest BCUT2D eigenvalue weighted by Crippen LogP contribution is 2.19. The van der Waals surface area contributed by atoms with Crippen LogP contribution in [0, 0.1) is 0 Å². The summed E-state index contributed by atoms with van der Waals surface area (Å²) in [6.45, 7) is 4.24. The molecule has 0 aliphatic heterocycles. The molecule has 1 amide bonds. The average molecular weight is 307 g/mol. The summed E-state index contributed by atoms with van der Waals surface area (Å²) in [6.07, 6.45) is 0. The van der Waals surface area contributed by atoms with Crippen molar-refractivity contribution in [3.05, 3.63) is 66.1 Å². The Balaban J connectivity index is 1.72. The molecular formula is C18H17N3O2. The van der Waals surface area contributed by atoms with Gasteiger partial charge in [0.1, 0.15) is 0 Å². The van der Waals surface area contributed by atoms with E-state index in [0.717, 1.165) is 5.56 Å². The Labute approximate surface area is 134 Å². The monoisotopic (exact) mass is 307 g/mol. The van der Waals surface area contributed by atoms with E-state index in [-0.39, 0.29) is 5.89 Å². The molecule has 1 heterocycles. The fourth-order valence-electron chi connectivity index (χ4n) is 2.15. The third kappa shape index (κ3) is 3.45. The fourth-order valence-corrected chi connectivity index (χ4v) is 2.15. The van der Waals surface area contributed by atoms with Crippen molar-refractivity contribution in [1.29, 1.82) is 0 Å². The molecule has 1 aromatic heterocycles. The van der Waals surface area contributed by atoms with E-state index in [1.54, 1.807) is 0 Å². The summed E-state index contributed by atoms with van der Waals surface area (Å²) in [4.78, 5) is 12.2. The molecule has 1 N–H and O–H groups in total. The van der Waals surface area contributed by atoms with Crippen LogP contribution < -0.4 is 5.32 Å². The van der Waals surface area contributed by atoms with Crippen molar-refractivity contribution >= 4 is 11.6 Å². The first-order valence-electron chi connectivity index (χ1n) is 7.44. The van der Waals surface area contributed by atoms with Crippen LogP contribution in [0.15, 0.2) is 59.0 Å². The van der Waals surface area contributed by atoms with Gasteiger partial charge in [-0.1, -0.05) is 44.2 Å². The predicted molar refractivity (Wildman–Crippen MR) is 88.2 cm³/mol. The zero-order valence-electron chi connectivity index (χ0n) is 13.0. The van der Waals surface area contributed by atoms with Gasteiger partial charge < -0.3 is 9.73 Å². The third-order valence-corrected chi connectivity index (χ3v) is 3.48. The highest BCUT2D eigenvalue weighted by atomic mass is 16.4. The Morgan fingerprint density at radius 1 is 1.00 bits per heavy atom. The number of carbonyl (C=O) groups excluding carboxylic acids is 1. The van der Waals surface area contributed by atoms with Crippen LogP contribution in [0.5, 0.6) is 0 Å². The van der Waals surface area contributed by atoms with Gasteiger partial charge >= 0.3 is 11.8 Å². The zero-order chi connectivity index (χ0) is 16.2. The molecule has 0 unspecified atom stereocenters. The van der Waals surface area contributed by atoms with Crippen LogP contribution in [0.25, 0.3) is 11.5 Å². The lowest BCUT2D eigenvalue weighted by Gasteiger charge is -2.07. The van der Waals surface area contributed by atoms with Crippen LogP contribution in [0.3, 0.4) is 0 Å². The molecular weight excluding hydrogens is 290 g/mol. The Bertz CT molecular complexity index is 793. The van der Waals surface area contributed by atoms with Gasteiger partial charge in [0.2, 0.25) is 5.89 Å². The third-order valence-electron chi connectivity index (χ3n) is 3.48. The van der Waals surface area contributed by atoms with Crippen LogP contribution >= 0.6 is 0 Å². The molecule has 3 aromatic rings. The van der Waals surface area contributed by atoms with Crippen molar-refractivity contribution in [2.75, 3.05) is 5.32 Å².